The van der Waals surface area contributed by atoms with Crippen LogP contribution in [0.2, 0.25) is 0 Å². The maximum Gasteiger partial charge on any atom is 0.0438 e. The van der Waals surface area contributed by atoms with Gasteiger partial charge in [0.05, 0.1) is 0 Å². The Morgan fingerprint density at radius 3 is 2.44 bits per heavy atom. The number of rotatable bonds is 2. The lowest BCUT2D eigenvalue weighted by Gasteiger charge is -2.26. The summed E-state index contributed by atoms with van der Waals surface area (Å²) in [5.41, 5.74) is 3.02. The minimum absolute atomic E-state index is 0.449. The van der Waals surface area contributed by atoms with Gasteiger partial charge in [-0.1, -0.05) is 40.7 Å². The lowest BCUT2D eigenvalue weighted by atomic mass is 9.79. The van der Waals surface area contributed by atoms with Crippen LogP contribution in [0.3, 0.4) is 0 Å². The van der Waals surface area contributed by atoms with Crippen LogP contribution in [0.4, 0.5) is 0 Å². The highest BCUT2D eigenvalue weighted by molar-refractivity contribution is 5.18. The summed E-state index contributed by atoms with van der Waals surface area (Å²) in [5, 5.41) is 0. The Morgan fingerprint density at radius 1 is 1.17 bits per heavy atom. The minimum atomic E-state index is 0.449. The van der Waals surface area contributed by atoms with Crippen LogP contribution in [0.15, 0.2) is 18.2 Å². The number of aromatic nitrogens is 1. The van der Waals surface area contributed by atoms with E-state index < -0.39 is 0 Å². The summed E-state index contributed by atoms with van der Waals surface area (Å²) in [6.45, 7) is 11.6. The Morgan fingerprint density at radius 2 is 1.89 bits per heavy atom. The van der Waals surface area contributed by atoms with Gasteiger partial charge in [-0.05, 0) is 48.6 Å². The normalized spacial score (nSPS) is 24.8. The quantitative estimate of drug-likeness (QED) is 0.703. The van der Waals surface area contributed by atoms with Crippen molar-refractivity contribution in [2.24, 2.45) is 11.3 Å². The molecule has 18 heavy (non-hydrogen) atoms. The molecule has 2 atom stereocenters. The molecule has 1 saturated carbocycles. The summed E-state index contributed by atoms with van der Waals surface area (Å²) in [6.07, 6.45) is 4.00. The standard InChI is InChI=1S/C17H27N/c1-12(2)15-7-6-8-16(18-15)13-9-10-14(11-13)17(3,4)5/h6-8,12-14H,9-11H2,1-5H3. The predicted molar refractivity (Wildman–Crippen MR) is 77.9 cm³/mol. The fourth-order valence-corrected chi connectivity index (χ4v) is 3.05. The van der Waals surface area contributed by atoms with E-state index >= 15 is 0 Å². The van der Waals surface area contributed by atoms with E-state index in [1.807, 2.05) is 0 Å². The van der Waals surface area contributed by atoms with Gasteiger partial charge in [-0.25, -0.2) is 0 Å². The van der Waals surface area contributed by atoms with Crippen molar-refractivity contribution in [1.82, 2.24) is 4.98 Å². The van der Waals surface area contributed by atoms with Crippen molar-refractivity contribution < 1.29 is 0 Å². The Labute approximate surface area is 112 Å². The average molecular weight is 245 g/mol. The SMILES string of the molecule is CC(C)c1cccc(C2CCC(C(C)(C)C)C2)n1. The summed E-state index contributed by atoms with van der Waals surface area (Å²) in [4.78, 5) is 4.87. The van der Waals surface area contributed by atoms with Gasteiger partial charge in [0, 0.05) is 17.3 Å². The predicted octanol–water partition coefficient (Wildman–Crippen LogP) is 5.13. The number of nitrogens with zero attached hydrogens (tertiary/aromatic N) is 1. The molecule has 1 aliphatic rings. The third-order valence-corrected chi connectivity index (χ3v) is 4.46. The van der Waals surface area contributed by atoms with E-state index in [0.717, 1.165) is 5.92 Å². The molecule has 1 fully saturated rings. The first-order valence-corrected chi connectivity index (χ1v) is 7.34. The largest absolute Gasteiger partial charge is 0.257 e. The highest BCUT2D eigenvalue weighted by Crippen LogP contribution is 2.45. The van der Waals surface area contributed by atoms with Crippen molar-refractivity contribution >= 4 is 0 Å². The van der Waals surface area contributed by atoms with Crippen LogP contribution in [0.25, 0.3) is 0 Å². The van der Waals surface area contributed by atoms with Crippen molar-refractivity contribution in [1.29, 1.82) is 0 Å². The maximum absolute atomic E-state index is 4.87. The summed E-state index contributed by atoms with van der Waals surface area (Å²) in [7, 11) is 0. The Balaban J connectivity index is 2.12. The molecule has 2 rings (SSSR count). The molecule has 1 aliphatic carbocycles. The van der Waals surface area contributed by atoms with Gasteiger partial charge in [0.15, 0.2) is 0 Å². The van der Waals surface area contributed by atoms with E-state index in [2.05, 4.69) is 52.8 Å². The molecule has 1 heterocycles. The van der Waals surface area contributed by atoms with Crippen LogP contribution in [-0.4, -0.2) is 4.98 Å². The topological polar surface area (TPSA) is 12.9 Å². The van der Waals surface area contributed by atoms with Crippen molar-refractivity contribution in [3.8, 4) is 0 Å². The first kappa shape index (κ1) is 13.6. The Bertz CT molecular complexity index is 400. The molecule has 0 aromatic carbocycles. The highest BCUT2D eigenvalue weighted by Gasteiger charge is 2.34. The molecule has 0 radical (unpaired) electrons. The fourth-order valence-electron chi connectivity index (χ4n) is 3.05. The van der Waals surface area contributed by atoms with Crippen molar-refractivity contribution in [2.75, 3.05) is 0 Å². The zero-order valence-corrected chi connectivity index (χ0v) is 12.5. The van der Waals surface area contributed by atoms with E-state index in [9.17, 15) is 0 Å². The second-order valence-corrected chi connectivity index (χ2v) is 7.21. The molecule has 1 aromatic heterocycles. The fraction of sp³-hybridized carbons (Fsp3) is 0.706. The molecule has 1 nitrogen and oxygen atoms in total. The molecule has 0 saturated heterocycles. The molecule has 0 amide bonds. The van der Waals surface area contributed by atoms with E-state index in [-0.39, 0.29) is 0 Å². The van der Waals surface area contributed by atoms with Gasteiger partial charge in [0.1, 0.15) is 0 Å². The third-order valence-electron chi connectivity index (χ3n) is 4.46. The van der Waals surface area contributed by atoms with Crippen LogP contribution >= 0.6 is 0 Å². The number of pyridine rings is 1. The summed E-state index contributed by atoms with van der Waals surface area (Å²) >= 11 is 0. The van der Waals surface area contributed by atoms with Gasteiger partial charge in [-0.3, -0.25) is 4.98 Å². The van der Waals surface area contributed by atoms with E-state index in [0.29, 0.717) is 17.3 Å². The molecule has 1 aromatic rings. The lowest BCUT2D eigenvalue weighted by Crippen LogP contribution is -2.17. The van der Waals surface area contributed by atoms with E-state index in [1.165, 1.54) is 30.7 Å². The van der Waals surface area contributed by atoms with Gasteiger partial charge in [-0.15, -0.1) is 0 Å². The molecule has 100 valence electrons. The van der Waals surface area contributed by atoms with Gasteiger partial charge in [-0.2, -0.15) is 0 Å². The second kappa shape index (κ2) is 5.03. The zero-order valence-electron chi connectivity index (χ0n) is 12.5. The Kier molecular flexibility index (Phi) is 3.79. The molecular formula is C17H27N. The number of hydrogen-bond acceptors (Lipinski definition) is 1. The Hall–Kier alpha value is -0.850. The summed E-state index contributed by atoms with van der Waals surface area (Å²) < 4.78 is 0. The molecule has 0 spiro atoms. The third kappa shape index (κ3) is 2.93. The monoisotopic (exact) mass is 245 g/mol. The zero-order chi connectivity index (χ0) is 13.3. The summed E-state index contributed by atoms with van der Waals surface area (Å²) in [5.74, 6) is 2.07. The average Bonchev–Trinajstić information content (AvgIpc) is 2.78. The van der Waals surface area contributed by atoms with Crippen LogP contribution in [0, 0.1) is 11.3 Å². The van der Waals surface area contributed by atoms with Gasteiger partial charge in [0.25, 0.3) is 0 Å². The molecule has 0 bridgehead atoms. The van der Waals surface area contributed by atoms with Crippen LogP contribution in [-0.2, 0) is 0 Å². The molecular weight excluding hydrogens is 218 g/mol. The maximum atomic E-state index is 4.87. The van der Waals surface area contributed by atoms with Crippen molar-refractivity contribution in [2.45, 2.75) is 65.7 Å². The van der Waals surface area contributed by atoms with E-state index in [1.54, 1.807) is 0 Å². The molecule has 2 unspecified atom stereocenters. The first-order valence-electron chi connectivity index (χ1n) is 7.34. The highest BCUT2D eigenvalue weighted by atomic mass is 14.7. The number of hydrogen-bond donors (Lipinski definition) is 0. The van der Waals surface area contributed by atoms with Crippen LogP contribution in [0.1, 0.15) is 77.1 Å². The smallest absolute Gasteiger partial charge is 0.0438 e. The lowest BCUT2D eigenvalue weighted by molar-refractivity contribution is 0.244. The van der Waals surface area contributed by atoms with Crippen molar-refractivity contribution in [3.05, 3.63) is 29.6 Å². The second-order valence-electron chi connectivity index (χ2n) is 7.21. The van der Waals surface area contributed by atoms with E-state index in [4.69, 9.17) is 4.98 Å². The minimum Gasteiger partial charge on any atom is -0.257 e. The van der Waals surface area contributed by atoms with Gasteiger partial charge < -0.3 is 0 Å². The first-order chi connectivity index (χ1) is 8.38. The summed E-state index contributed by atoms with van der Waals surface area (Å²) in [6, 6.07) is 6.56. The van der Waals surface area contributed by atoms with Gasteiger partial charge >= 0.3 is 0 Å². The van der Waals surface area contributed by atoms with Crippen LogP contribution in [0.5, 0.6) is 0 Å². The van der Waals surface area contributed by atoms with Crippen LogP contribution < -0.4 is 0 Å². The van der Waals surface area contributed by atoms with Crippen molar-refractivity contribution in [3.63, 3.8) is 0 Å². The molecule has 0 N–H and O–H groups in total. The van der Waals surface area contributed by atoms with Gasteiger partial charge in [0.2, 0.25) is 0 Å². The molecule has 1 heteroatoms. The molecule has 0 aliphatic heterocycles.